The number of aliphatic hydroxyl groups is 1. The molecule has 0 spiro atoms. The van der Waals surface area contributed by atoms with Crippen LogP contribution in [0.4, 0.5) is 11.4 Å². The number of aliphatic hydroxyl groups excluding tert-OH is 1. The minimum atomic E-state index is -3.74. The summed E-state index contributed by atoms with van der Waals surface area (Å²) in [5.41, 5.74) is 0.171. The zero-order valence-corrected chi connectivity index (χ0v) is 14.7. The Morgan fingerprint density at radius 3 is 2.38 bits per heavy atom. The van der Waals surface area contributed by atoms with Crippen LogP contribution in [0.1, 0.15) is 26.7 Å². The van der Waals surface area contributed by atoms with Crippen molar-refractivity contribution < 1.29 is 18.4 Å². The molecule has 24 heavy (non-hydrogen) atoms. The van der Waals surface area contributed by atoms with E-state index in [9.17, 15) is 23.6 Å². The van der Waals surface area contributed by atoms with Crippen molar-refractivity contribution in [1.29, 1.82) is 0 Å². The number of hydrogen-bond acceptors (Lipinski definition) is 6. The van der Waals surface area contributed by atoms with Crippen LogP contribution in [0, 0.1) is 10.1 Å². The van der Waals surface area contributed by atoms with Gasteiger partial charge in [0.05, 0.1) is 15.9 Å². The predicted molar refractivity (Wildman–Crippen MR) is 90.7 cm³/mol. The van der Waals surface area contributed by atoms with Gasteiger partial charge in [0, 0.05) is 32.2 Å². The number of hydrogen-bond donors (Lipinski definition) is 1. The molecule has 8 nitrogen and oxygen atoms in total. The molecule has 0 aliphatic carbocycles. The van der Waals surface area contributed by atoms with Crippen LogP contribution in [0.3, 0.4) is 0 Å². The van der Waals surface area contributed by atoms with E-state index in [1.807, 2.05) is 4.90 Å². The Morgan fingerprint density at radius 2 is 1.88 bits per heavy atom. The van der Waals surface area contributed by atoms with Crippen molar-refractivity contribution in [3.63, 3.8) is 0 Å². The van der Waals surface area contributed by atoms with Gasteiger partial charge in [0.15, 0.2) is 0 Å². The summed E-state index contributed by atoms with van der Waals surface area (Å²) in [6.07, 6.45) is 0.690. The summed E-state index contributed by atoms with van der Waals surface area (Å²) in [7, 11) is -3.74. The summed E-state index contributed by atoms with van der Waals surface area (Å²) >= 11 is 0. The molecule has 0 amide bonds. The summed E-state index contributed by atoms with van der Waals surface area (Å²) in [5, 5.41) is 21.0. The highest BCUT2D eigenvalue weighted by Gasteiger charge is 2.28. The molecular formula is C15H23N3O5S. The fraction of sp³-hybridized carbons (Fsp3) is 0.600. The molecule has 0 aromatic heterocycles. The highest BCUT2D eigenvalue weighted by molar-refractivity contribution is 7.89. The van der Waals surface area contributed by atoms with Crippen molar-refractivity contribution in [2.75, 3.05) is 31.1 Å². The van der Waals surface area contributed by atoms with Crippen molar-refractivity contribution in [3.05, 3.63) is 28.3 Å². The number of anilines is 1. The highest BCUT2D eigenvalue weighted by Crippen LogP contribution is 2.33. The Balaban J connectivity index is 2.42. The summed E-state index contributed by atoms with van der Waals surface area (Å²) in [4.78, 5) is 12.6. The van der Waals surface area contributed by atoms with Crippen molar-refractivity contribution in [2.24, 2.45) is 0 Å². The normalized spacial score (nSPS) is 16.6. The molecule has 134 valence electrons. The van der Waals surface area contributed by atoms with Gasteiger partial charge in [0.1, 0.15) is 5.69 Å². The SMILES string of the molecule is CCN(CC)S(=O)(=O)c1ccc(N2CCC(O)CC2)c([N+](=O)[O-])c1. The lowest BCUT2D eigenvalue weighted by atomic mass is 10.1. The zero-order chi connectivity index (χ0) is 17.9. The average molecular weight is 357 g/mol. The van der Waals surface area contributed by atoms with Crippen LogP contribution in [0.25, 0.3) is 0 Å². The van der Waals surface area contributed by atoms with Crippen molar-refractivity contribution in [3.8, 4) is 0 Å². The van der Waals surface area contributed by atoms with Crippen LogP contribution in [0.5, 0.6) is 0 Å². The number of sulfonamides is 1. The number of nitrogens with zero attached hydrogens (tertiary/aromatic N) is 3. The Kier molecular flexibility index (Phi) is 5.79. The predicted octanol–water partition coefficient (Wildman–Crippen LogP) is 1.59. The molecule has 9 heteroatoms. The van der Waals surface area contributed by atoms with E-state index in [4.69, 9.17) is 0 Å². The molecule has 0 radical (unpaired) electrons. The van der Waals surface area contributed by atoms with E-state index >= 15 is 0 Å². The van der Waals surface area contributed by atoms with Crippen LogP contribution in [0.15, 0.2) is 23.1 Å². The number of benzene rings is 1. The molecule has 0 atom stereocenters. The molecule has 1 saturated heterocycles. The maximum atomic E-state index is 12.6. The van der Waals surface area contributed by atoms with Gasteiger partial charge in [-0.2, -0.15) is 4.31 Å². The third kappa shape index (κ3) is 3.68. The Morgan fingerprint density at radius 1 is 1.29 bits per heavy atom. The first-order valence-corrected chi connectivity index (χ1v) is 9.46. The third-order valence-electron chi connectivity index (χ3n) is 4.29. The van der Waals surface area contributed by atoms with Crippen LogP contribution >= 0.6 is 0 Å². The first-order chi connectivity index (χ1) is 11.3. The lowest BCUT2D eigenvalue weighted by Gasteiger charge is -2.31. The maximum Gasteiger partial charge on any atom is 0.293 e. The molecular weight excluding hydrogens is 334 g/mol. The molecule has 1 aliphatic heterocycles. The quantitative estimate of drug-likeness (QED) is 0.612. The number of piperidine rings is 1. The van der Waals surface area contributed by atoms with Gasteiger partial charge in [0.2, 0.25) is 10.0 Å². The van der Waals surface area contributed by atoms with Crippen molar-refractivity contribution in [1.82, 2.24) is 4.31 Å². The van der Waals surface area contributed by atoms with Gasteiger partial charge in [0.25, 0.3) is 5.69 Å². The molecule has 1 fully saturated rings. The topological polar surface area (TPSA) is 104 Å². The minimum absolute atomic E-state index is 0.0707. The second kappa shape index (κ2) is 7.45. The Labute approximate surface area is 141 Å². The second-order valence-corrected chi connectivity index (χ2v) is 7.65. The molecule has 1 heterocycles. The van der Waals surface area contributed by atoms with Gasteiger partial charge in [-0.1, -0.05) is 13.8 Å². The fourth-order valence-electron chi connectivity index (χ4n) is 2.90. The summed E-state index contributed by atoms with van der Waals surface area (Å²) in [6.45, 7) is 5.07. The molecule has 2 rings (SSSR count). The van der Waals surface area contributed by atoms with Crippen LogP contribution in [0.2, 0.25) is 0 Å². The van der Waals surface area contributed by atoms with E-state index in [1.165, 1.54) is 16.4 Å². The van der Waals surface area contributed by atoms with Crippen LogP contribution < -0.4 is 4.90 Å². The number of nitro groups is 1. The summed E-state index contributed by atoms with van der Waals surface area (Å²) in [6, 6.07) is 4.04. The zero-order valence-electron chi connectivity index (χ0n) is 13.9. The van der Waals surface area contributed by atoms with E-state index < -0.39 is 14.9 Å². The van der Waals surface area contributed by atoms with Crippen LogP contribution in [-0.2, 0) is 10.0 Å². The second-order valence-electron chi connectivity index (χ2n) is 5.72. The molecule has 0 unspecified atom stereocenters. The monoisotopic (exact) mass is 357 g/mol. The molecule has 1 N–H and O–H groups in total. The van der Waals surface area contributed by atoms with Gasteiger partial charge in [-0.25, -0.2) is 8.42 Å². The van der Waals surface area contributed by atoms with E-state index in [0.29, 0.717) is 44.7 Å². The standard InChI is InChI=1S/C15H23N3O5S/c1-3-17(4-2)24(22,23)13-5-6-14(15(11-13)18(20)21)16-9-7-12(19)8-10-16/h5-6,11-12,19H,3-4,7-10H2,1-2H3. The highest BCUT2D eigenvalue weighted by atomic mass is 32.2. The van der Waals surface area contributed by atoms with Gasteiger partial charge >= 0.3 is 0 Å². The van der Waals surface area contributed by atoms with E-state index in [-0.39, 0.29) is 16.7 Å². The van der Waals surface area contributed by atoms with Crippen LogP contribution in [-0.4, -0.2) is 55.0 Å². The molecule has 0 saturated carbocycles. The third-order valence-corrected chi connectivity index (χ3v) is 6.34. The minimum Gasteiger partial charge on any atom is -0.393 e. The van der Waals surface area contributed by atoms with E-state index in [1.54, 1.807) is 13.8 Å². The molecule has 1 aromatic rings. The maximum absolute atomic E-state index is 12.6. The summed E-state index contributed by atoms with van der Waals surface area (Å²) < 4.78 is 26.4. The lowest BCUT2D eigenvalue weighted by molar-refractivity contribution is -0.384. The largest absolute Gasteiger partial charge is 0.393 e. The smallest absolute Gasteiger partial charge is 0.293 e. The van der Waals surface area contributed by atoms with Gasteiger partial charge < -0.3 is 10.0 Å². The van der Waals surface area contributed by atoms with Crippen molar-refractivity contribution in [2.45, 2.75) is 37.7 Å². The molecule has 1 aliphatic rings. The first kappa shape index (κ1) is 18.6. The van der Waals surface area contributed by atoms with Crippen molar-refractivity contribution >= 4 is 21.4 Å². The number of nitro benzene ring substituents is 1. The summed E-state index contributed by atoms with van der Waals surface area (Å²) in [5.74, 6) is 0. The number of rotatable bonds is 6. The molecule has 0 bridgehead atoms. The van der Waals surface area contributed by atoms with E-state index in [0.717, 1.165) is 6.07 Å². The van der Waals surface area contributed by atoms with Gasteiger partial charge in [-0.15, -0.1) is 0 Å². The Hall–Kier alpha value is -1.71. The Bertz CT molecular complexity index is 695. The fourth-order valence-corrected chi connectivity index (χ4v) is 4.38. The van der Waals surface area contributed by atoms with E-state index in [2.05, 4.69) is 0 Å². The average Bonchev–Trinajstić information content (AvgIpc) is 2.56. The lowest BCUT2D eigenvalue weighted by Crippen LogP contribution is -2.36. The van der Waals surface area contributed by atoms with Gasteiger partial charge in [-0.3, -0.25) is 10.1 Å². The molecule has 1 aromatic carbocycles. The first-order valence-electron chi connectivity index (χ1n) is 8.02. The van der Waals surface area contributed by atoms with Gasteiger partial charge in [-0.05, 0) is 25.0 Å².